The lowest BCUT2D eigenvalue weighted by Gasteiger charge is -2.27. The van der Waals surface area contributed by atoms with Crippen LogP contribution < -0.4 is 14.2 Å². The fourth-order valence-corrected chi connectivity index (χ4v) is 3.38. The number of para-hydroxylation sites is 1. The highest BCUT2D eigenvalue weighted by Crippen LogP contribution is 2.39. The molecule has 170 valence electrons. The van der Waals surface area contributed by atoms with Gasteiger partial charge in [-0.25, -0.2) is 0 Å². The van der Waals surface area contributed by atoms with Crippen LogP contribution in [0.3, 0.4) is 0 Å². The van der Waals surface area contributed by atoms with Crippen molar-refractivity contribution < 1.29 is 28.5 Å². The van der Waals surface area contributed by atoms with Crippen LogP contribution in [0.5, 0.6) is 17.2 Å². The van der Waals surface area contributed by atoms with Crippen LogP contribution in [-0.4, -0.2) is 32.8 Å². The van der Waals surface area contributed by atoms with Crippen molar-refractivity contribution in [2.24, 2.45) is 5.41 Å². The second-order valence-corrected chi connectivity index (χ2v) is 7.43. The third-order valence-corrected chi connectivity index (χ3v) is 5.55. The molecule has 0 spiro atoms. The minimum atomic E-state index is -1.35. The van der Waals surface area contributed by atoms with Crippen LogP contribution in [0.4, 0.5) is 0 Å². The molecule has 0 aromatic heterocycles. The van der Waals surface area contributed by atoms with Gasteiger partial charge in [0.05, 0.1) is 20.8 Å². The molecule has 0 radical (unpaired) electrons. The molecule has 0 atom stereocenters. The van der Waals surface area contributed by atoms with Crippen LogP contribution in [-0.2, 0) is 14.3 Å². The number of hydrogen-bond donors (Lipinski definition) is 0. The van der Waals surface area contributed by atoms with Crippen molar-refractivity contribution in [2.45, 2.75) is 78.6 Å². The number of benzene rings is 1. The van der Waals surface area contributed by atoms with Crippen LogP contribution in [0, 0.1) is 5.41 Å². The third-order valence-electron chi connectivity index (χ3n) is 5.55. The van der Waals surface area contributed by atoms with E-state index in [0.717, 1.165) is 19.3 Å². The first kappa shape index (κ1) is 25.8. The van der Waals surface area contributed by atoms with E-state index in [1.165, 1.54) is 39.9 Å². The lowest BCUT2D eigenvalue weighted by molar-refractivity contribution is -0.168. The zero-order chi connectivity index (χ0) is 22.4. The zero-order valence-electron chi connectivity index (χ0n) is 19.3. The van der Waals surface area contributed by atoms with Crippen LogP contribution in [0.15, 0.2) is 18.2 Å². The van der Waals surface area contributed by atoms with E-state index in [2.05, 4.69) is 6.92 Å². The molecule has 0 amide bonds. The Morgan fingerprint density at radius 3 is 1.83 bits per heavy atom. The minimum absolute atomic E-state index is 0.165. The van der Waals surface area contributed by atoms with Crippen molar-refractivity contribution in [3.05, 3.63) is 18.2 Å². The highest BCUT2D eigenvalue weighted by atomic mass is 16.6. The topological polar surface area (TPSA) is 71.1 Å². The van der Waals surface area contributed by atoms with Crippen molar-refractivity contribution in [3.63, 3.8) is 0 Å². The van der Waals surface area contributed by atoms with E-state index >= 15 is 0 Å². The molecule has 0 N–H and O–H groups in total. The first-order valence-corrected chi connectivity index (χ1v) is 11.1. The molecule has 0 bridgehead atoms. The molecule has 0 fully saturated rings. The van der Waals surface area contributed by atoms with Gasteiger partial charge in [0.15, 0.2) is 16.9 Å². The number of unbranched alkanes of at least 4 members (excludes halogenated alkanes) is 6. The van der Waals surface area contributed by atoms with Gasteiger partial charge in [0, 0.05) is 0 Å². The molecule has 1 aromatic rings. The number of esters is 2. The molecule has 6 heteroatoms. The molecular formula is C24H38O6. The Labute approximate surface area is 181 Å². The lowest BCUT2D eigenvalue weighted by atomic mass is 9.82. The van der Waals surface area contributed by atoms with E-state index in [-0.39, 0.29) is 18.6 Å². The Kier molecular flexibility index (Phi) is 11.9. The lowest BCUT2D eigenvalue weighted by Crippen LogP contribution is -2.42. The van der Waals surface area contributed by atoms with E-state index in [1.54, 1.807) is 32.0 Å². The molecule has 0 aliphatic heterocycles. The number of methoxy groups -OCH3 is 2. The predicted molar refractivity (Wildman–Crippen MR) is 117 cm³/mol. The molecule has 0 saturated heterocycles. The maximum Gasteiger partial charge on any atom is 0.329 e. The van der Waals surface area contributed by atoms with Crippen LogP contribution in [0.25, 0.3) is 0 Å². The molecule has 0 aliphatic rings. The maximum atomic E-state index is 13.1. The van der Waals surface area contributed by atoms with Crippen molar-refractivity contribution in [3.8, 4) is 17.2 Å². The SMILES string of the molecule is CCCCCCCCCOC(=O)C(CC)(CC)C(=O)Oc1c(OC)cccc1OC. The van der Waals surface area contributed by atoms with Gasteiger partial charge in [0.25, 0.3) is 0 Å². The summed E-state index contributed by atoms with van der Waals surface area (Å²) in [6.45, 7) is 6.10. The van der Waals surface area contributed by atoms with Crippen molar-refractivity contribution in [1.29, 1.82) is 0 Å². The highest BCUT2D eigenvalue weighted by Gasteiger charge is 2.46. The number of hydrogen-bond acceptors (Lipinski definition) is 6. The second kappa shape index (κ2) is 13.9. The first-order valence-electron chi connectivity index (χ1n) is 11.1. The first-order chi connectivity index (χ1) is 14.5. The summed E-state index contributed by atoms with van der Waals surface area (Å²) in [6.07, 6.45) is 8.49. The summed E-state index contributed by atoms with van der Waals surface area (Å²) in [4.78, 5) is 25.9. The number of carbonyl (C=O) groups is 2. The van der Waals surface area contributed by atoms with E-state index in [9.17, 15) is 9.59 Å². The Morgan fingerprint density at radius 2 is 1.33 bits per heavy atom. The van der Waals surface area contributed by atoms with Gasteiger partial charge >= 0.3 is 11.9 Å². The van der Waals surface area contributed by atoms with Gasteiger partial charge in [-0.1, -0.05) is 65.4 Å². The fourth-order valence-electron chi connectivity index (χ4n) is 3.38. The van der Waals surface area contributed by atoms with Gasteiger partial charge < -0.3 is 18.9 Å². The van der Waals surface area contributed by atoms with Crippen LogP contribution >= 0.6 is 0 Å². The Bertz CT molecular complexity index is 629. The molecule has 0 saturated carbocycles. The number of ether oxygens (including phenoxy) is 4. The predicted octanol–water partition coefficient (Wildman–Crippen LogP) is 5.71. The van der Waals surface area contributed by atoms with Gasteiger partial charge in [-0.15, -0.1) is 0 Å². The van der Waals surface area contributed by atoms with Gasteiger partial charge in [0.1, 0.15) is 0 Å². The maximum absolute atomic E-state index is 13.1. The fraction of sp³-hybridized carbons (Fsp3) is 0.667. The Balaban J connectivity index is 2.74. The van der Waals surface area contributed by atoms with E-state index in [0.29, 0.717) is 18.1 Å². The van der Waals surface area contributed by atoms with E-state index in [1.807, 2.05) is 0 Å². The summed E-state index contributed by atoms with van der Waals surface area (Å²) < 4.78 is 21.7. The summed E-state index contributed by atoms with van der Waals surface area (Å²) in [5.41, 5.74) is -1.35. The summed E-state index contributed by atoms with van der Waals surface area (Å²) in [5.74, 6) is -0.295. The summed E-state index contributed by atoms with van der Waals surface area (Å²) in [5, 5.41) is 0. The smallest absolute Gasteiger partial charge is 0.329 e. The van der Waals surface area contributed by atoms with Crippen molar-refractivity contribution in [1.82, 2.24) is 0 Å². The quantitative estimate of drug-likeness (QED) is 0.156. The number of carbonyl (C=O) groups excluding carboxylic acids is 2. The highest BCUT2D eigenvalue weighted by molar-refractivity contribution is 6.01. The van der Waals surface area contributed by atoms with Gasteiger partial charge in [-0.3, -0.25) is 9.59 Å². The van der Waals surface area contributed by atoms with E-state index in [4.69, 9.17) is 18.9 Å². The second-order valence-electron chi connectivity index (χ2n) is 7.43. The van der Waals surface area contributed by atoms with Gasteiger partial charge in [0.2, 0.25) is 5.75 Å². The summed E-state index contributed by atoms with van der Waals surface area (Å²) in [6, 6.07) is 5.07. The monoisotopic (exact) mass is 422 g/mol. The molecule has 1 rings (SSSR count). The molecule has 1 aromatic carbocycles. The number of rotatable bonds is 15. The summed E-state index contributed by atoms with van der Waals surface area (Å²) in [7, 11) is 2.96. The molecule has 6 nitrogen and oxygen atoms in total. The molecule has 0 aliphatic carbocycles. The molecule has 0 unspecified atom stereocenters. The Hall–Kier alpha value is -2.24. The molecule has 30 heavy (non-hydrogen) atoms. The average Bonchev–Trinajstić information content (AvgIpc) is 2.76. The zero-order valence-corrected chi connectivity index (χ0v) is 19.3. The van der Waals surface area contributed by atoms with Gasteiger partial charge in [-0.05, 0) is 31.4 Å². The standard InChI is InChI=1S/C24H38O6/c1-6-9-10-11-12-13-14-18-29-22(25)24(7-2,8-3)23(26)30-21-19(27-4)16-15-17-20(21)28-5/h15-17H,6-14,18H2,1-5H3. The van der Waals surface area contributed by atoms with Crippen molar-refractivity contribution >= 4 is 11.9 Å². The van der Waals surface area contributed by atoms with Gasteiger partial charge in [-0.2, -0.15) is 0 Å². The average molecular weight is 423 g/mol. The van der Waals surface area contributed by atoms with Crippen molar-refractivity contribution in [2.75, 3.05) is 20.8 Å². The largest absolute Gasteiger partial charge is 0.493 e. The third kappa shape index (κ3) is 6.92. The molecular weight excluding hydrogens is 384 g/mol. The normalized spacial score (nSPS) is 11.1. The minimum Gasteiger partial charge on any atom is -0.493 e. The Morgan fingerprint density at radius 1 is 0.800 bits per heavy atom. The van der Waals surface area contributed by atoms with Crippen LogP contribution in [0.2, 0.25) is 0 Å². The van der Waals surface area contributed by atoms with E-state index < -0.39 is 17.4 Å². The summed E-state index contributed by atoms with van der Waals surface area (Å²) >= 11 is 0. The van der Waals surface area contributed by atoms with Crippen LogP contribution in [0.1, 0.15) is 78.6 Å². The molecule has 0 heterocycles.